The van der Waals surface area contributed by atoms with Gasteiger partial charge in [-0.1, -0.05) is 0 Å². The summed E-state index contributed by atoms with van der Waals surface area (Å²) in [6, 6.07) is 0. The van der Waals surface area contributed by atoms with Gasteiger partial charge in [0, 0.05) is 6.54 Å². The summed E-state index contributed by atoms with van der Waals surface area (Å²) in [4.78, 5) is 5.68. The van der Waals surface area contributed by atoms with Crippen molar-refractivity contribution < 1.29 is 4.74 Å². The molecule has 1 aliphatic rings. The summed E-state index contributed by atoms with van der Waals surface area (Å²) in [6.07, 6.45) is 2.58. The molecule has 2 rings (SSSR count). The van der Waals surface area contributed by atoms with Gasteiger partial charge in [0.1, 0.15) is 0 Å². The second kappa shape index (κ2) is 5.75. The Morgan fingerprint density at radius 2 is 2.38 bits per heavy atom. The number of aryl methyl sites for hydroxylation is 2. The summed E-state index contributed by atoms with van der Waals surface area (Å²) in [5, 5.41) is 4.54. The van der Waals surface area contributed by atoms with E-state index < -0.39 is 0 Å². The summed E-state index contributed by atoms with van der Waals surface area (Å²) in [5.74, 6) is 0.697. The first-order chi connectivity index (χ1) is 7.75. The van der Waals surface area contributed by atoms with Gasteiger partial charge < -0.3 is 10.1 Å². The van der Waals surface area contributed by atoms with Crippen LogP contribution in [0.4, 0.5) is 0 Å². The third-order valence-corrected chi connectivity index (χ3v) is 4.03. The lowest BCUT2D eigenvalue weighted by molar-refractivity contribution is 0.0795. The van der Waals surface area contributed by atoms with Crippen molar-refractivity contribution in [1.82, 2.24) is 10.3 Å². The molecule has 16 heavy (non-hydrogen) atoms. The minimum atomic E-state index is 0.697. The van der Waals surface area contributed by atoms with Crippen molar-refractivity contribution in [2.75, 3.05) is 19.7 Å². The van der Waals surface area contributed by atoms with Gasteiger partial charge in [-0.05, 0) is 39.2 Å². The van der Waals surface area contributed by atoms with Gasteiger partial charge in [-0.25, -0.2) is 4.98 Å². The zero-order valence-corrected chi connectivity index (χ0v) is 10.9. The van der Waals surface area contributed by atoms with Gasteiger partial charge in [0.15, 0.2) is 0 Å². The number of nitrogens with one attached hydrogen (secondary N) is 1. The smallest absolute Gasteiger partial charge is 0.0900 e. The molecule has 3 nitrogen and oxygen atoms in total. The Labute approximate surface area is 101 Å². The van der Waals surface area contributed by atoms with Crippen molar-refractivity contribution in [2.45, 2.75) is 33.3 Å². The van der Waals surface area contributed by atoms with Gasteiger partial charge in [0.2, 0.25) is 0 Å². The molecule has 0 spiro atoms. The molecule has 2 heterocycles. The van der Waals surface area contributed by atoms with Gasteiger partial charge in [-0.3, -0.25) is 0 Å². The van der Waals surface area contributed by atoms with Gasteiger partial charge >= 0.3 is 0 Å². The Morgan fingerprint density at radius 1 is 1.50 bits per heavy atom. The number of nitrogens with zero attached hydrogens (tertiary/aromatic N) is 1. The maximum atomic E-state index is 5.78. The summed E-state index contributed by atoms with van der Waals surface area (Å²) in [6.45, 7) is 8.00. The molecule has 0 aromatic carbocycles. The number of ether oxygens (including phenoxy) is 1. The number of hydrogen-bond acceptors (Lipinski definition) is 4. The van der Waals surface area contributed by atoms with Crippen LogP contribution in [0.3, 0.4) is 0 Å². The molecule has 4 heteroatoms. The van der Waals surface area contributed by atoms with Crippen LogP contribution in [-0.4, -0.2) is 24.7 Å². The molecule has 1 fully saturated rings. The Morgan fingerprint density at radius 3 is 3.00 bits per heavy atom. The Bertz CT molecular complexity index is 332. The van der Waals surface area contributed by atoms with Crippen LogP contribution in [-0.2, 0) is 11.3 Å². The number of hydrogen-bond donors (Lipinski definition) is 1. The lowest BCUT2D eigenvalue weighted by Gasteiger charge is -2.22. The lowest BCUT2D eigenvalue weighted by atomic mass is 10.0. The van der Waals surface area contributed by atoms with Crippen LogP contribution in [0.15, 0.2) is 0 Å². The first kappa shape index (κ1) is 12.0. The molecule has 0 bridgehead atoms. The monoisotopic (exact) mass is 240 g/mol. The highest BCUT2D eigenvalue weighted by molar-refractivity contribution is 7.11. The zero-order chi connectivity index (χ0) is 11.4. The molecule has 1 atom stereocenters. The van der Waals surface area contributed by atoms with Gasteiger partial charge in [0.05, 0.1) is 28.8 Å². The molecule has 0 unspecified atom stereocenters. The van der Waals surface area contributed by atoms with Crippen molar-refractivity contribution >= 4 is 11.3 Å². The SMILES string of the molecule is Cc1nc(C)c(COC[C@@H]2CCCNC2)s1. The lowest BCUT2D eigenvalue weighted by Crippen LogP contribution is -2.32. The van der Waals surface area contributed by atoms with Crippen LogP contribution in [0.5, 0.6) is 0 Å². The molecule has 1 aromatic rings. The summed E-state index contributed by atoms with van der Waals surface area (Å²) >= 11 is 1.75. The van der Waals surface area contributed by atoms with E-state index in [1.165, 1.54) is 24.3 Å². The van der Waals surface area contributed by atoms with Crippen LogP contribution >= 0.6 is 11.3 Å². The van der Waals surface area contributed by atoms with E-state index in [-0.39, 0.29) is 0 Å². The summed E-state index contributed by atoms with van der Waals surface area (Å²) < 4.78 is 5.78. The third-order valence-electron chi connectivity index (χ3n) is 2.99. The van der Waals surface area contributed by atoms with E-state index in [2.05, 4.69) is 17.2 Å². The summed E-state index contributed by atoms with van der Waals surface area (Å²) in [5.41, 5.74) is 1.13. The van der Waals surface area contributed by atoms with Crippen LogP contribution in [0.1, 0.15) is 28.4 Å². The number of piperidine rings is 1. The maximum Gasteiger partial charge on any atom is 0.0900 e. The molecule has 0 saturated carbocycles. The molecule has 1 aromatic heterocycles. The van der Waals surface area contributed by atoms with Gasteiger partial charge in [-0.15, -0.1) is 11.3 Å². The highest BCUT2D eigenvalue weighted by Gasteiger charge is 2.13. The van der Waals surface area contributed by atoms with E-state index >= 15 is 0 Å². The molecule has 1 N–H and O–H groups in total. The molecule has 1 aliphatic heterocycles. The van der Waals surface area contributed by atoms with Crippen LogP contribution in [0.25, 0.3) is 0 Å². The van der Waals surface area contributed by atoms with E-state index in [9.17, 15) is 0 Å². The van der Waals surface area contributed by atoms with Crippen molar-refractivity contribution in [3.63, 3.8) is 0 Å². The summed E-state index contributed by atoms with van der Waals surface area (Å²) in [7, 11) is 0. The predicted octanol–water partition coefficient (Wildman–Crippen LogP) is 2.28. The Balaban J connectivity index is 1.73. The van der Waals surface area contributed by atoms with Crippen LogP contribution in [0.2, 0.25) is 0 Å². The van der Waals surface area contributed by atoms with E-state index in [1.807, 2.05) is 6.92 Å². The molecular weight excluding hydrogens is 220 g/mol. The maximum absolute atomic E-state index is 5.78. The van der Waals surface area contributed by atoms with Crippen LogP contribution < -0.4 is 5.32 Å². The predicted molar refractivity (Wildman–Crippen MR) is 66.8 cm³/mol. The average Bonchev–Trinajstić information content (AvgIpc) is 2.59. The number of thiazole rings is 1. The fourth-order valence-electron chi connectivity index (χ4n) is 2.09. The van der Waals surface area contributed by atoms with E-state index in [4.69, 9.17) is 4.74 Å². The topological polar surface area (TPSA) is 34.1 Å². The number of rotatable bonds is 4. The van der Waals surface area contributed by atoms with Crippen molar-refractivity contribution in [1.29, 1.82) is 0 Å². The largest absolute Gasteiger partial charge is 0.376 e. The van der Waals surface area contributed by atoms with Gasteiger partial charge in [0.25, 0.3) is 0 Å². The normalized spacial score (nSPS) is 21.2. The molecule has 0 amide bonds. The van der Waals surface area contributed by atoms with Crippen molar-refractivity contribution in [3.8, 4) is 0 Å². The molecule has 0 aliphatic carbocycles. The van der Waals surface area contributed by atoms with Crippen molar-refractivity contribution in [2.24, 2.45) is 5.92 Å². The second-order valence-corrected chi connectivity index (χ2v) is 5.76. The Hall–Kier alpha value is -0.450. The highest BCUT2D eigenvalue weighted by Crippen LogP contribution is 2.19. The molecule has 90 valence electrons. The standard InChI is InChI=1S/C12H20N2OS/c1-9-12(16-10(2)14-9)8-15-7-11-4-3-5-13-6-11/h11,13H,3-8H2,1-2H3/t11-/m1/s1. The van der Waals surface area contributed by atoms with E-state index in [0.29, 0.717) is 5.92 Å². The molecule has 0 radical (unpaired) electrons. The minimum Gasteiger partial charge on any atom is -0.376 e. The molecule has 1 saturated heterocycles. The van der Waals surface area contributed by atoms with Crippen LogP contribution in [0, 0.1) is 19.8 Å². The quantitative estimate of drug-likeness (QED) is 0.876. The molecular formula is C12H20N2OS. The van der Waals surface area contributed by atoms with E-state index in [0.717, 1.165) is 30.5 Å². The fourth-order valence-corrected chi connectivity index (χ4v) is 2.97. The highest BCUT2D eigenvalue weighted by atomic mass is 32.1. The van der Waals surface area contributed by atoms with Gasteiger partial charge in [-0.2, -0.15) is 0 Å². The first-order valence-corrected chi connectivity index (χ1v) is 6.78. The second-order valence-electron chi connectivity index (χ2n) is 4.47. The minimum absolute atomic E-state index is 0.697. The number of aromatic nitrogens is 1. The van der Waals surface area contributed by atoms with E-state index in [1.54, 1.807) is 11.3 Å². The average molecular weight is 240 g/mol. The Kier molecular flexibility index (Phi) is 4.32. The first-order valence-electron chi connectivity index (χ1n) is 5.97. The third kappa shape index (κ3) is 3.27. The zero-order valence-electron chi connectivity index (χ0n) is 10.1. The fraction of sp³-hybridized carbons (Fsp3) is 0.750. The van der Waals surface area contributed by atoms with Crippen molar-refractivity contribution in [3.05, 3.63) is 15.6 Å².